The monoisotopic (exact) mass is 464 g/mol. The summed E-state index contributed by atoms with van der Waals surface area (Å²) < 4.78 is 0. The molecule has 0 aromatic heterocycles. The van der Waals surface area contributed by atoms with Crippen molar-refractivity contribution >= 4 is 11.8 Å². The number of carboxylic acid groups (broad SMARTS) is 1. The number of ketones is 1. The molecule has 0 bridgehead atoms. The normalized spacial score (nSPS) is 14.7. The molecule has 0 aliphatic heterocycles. The summed E-state index contributed by atoms with van der Waals surface area (Å²) in [5.74, 6) is -1.67. The molecular weight excluding hydrogens is 416 g/mol. The third kappa shape index (κ3) is 18.5. The van der Waals surface area contributed by atoms with Gasteiger partial charge in [0.2, 0.25) is 0 Å². The van der Waals surface area contributed by atoms with Gasteiger partial charge >= 0.3 is 5.97 Å². The highest BCUT2D eigenvalue weighted by Gasteiger charge is 2.28. The molecular formula is C24H48O8. The van der Waals surface area contributed by atoms with Crippen molar-refractivity contribution in [3.05, 3.63) is 0 Å². The van der Waals surface area contributed by atoms with E-state index in [-0.39, 0.29) is 5.92 Å². The lowest BCUT2D eigenvalue weighted by molar-refractivity contribution is -0.143. The number of carboxylic acids is 1. The number of hydrogen-bond acceptors (Lipinski definition) is 7. The zero-order valence-electron chi connectivity index (χ0n) is 20.1. The van der Waals surface area contributed by atoms with Crippen LogP contribution in [0.1, 0.15) is 104 Å². The number of carbonyl (C=O) groups excluding carboxylic acids is 1. The van der Waals surface area contributed by atoms with Gasteiger partial charge in [-0.15, -0.1) is 0 Å². The average Bonchev–Trinajstić information content (AvgIpc) is 2.80. The molecule has 0 aromatic carbocycles. The van der Waals surface area contributed by atoms with Gasteiger partial charge in [0, 0.05) is 0 Å². The molecule has 8 heteroatoms. The van der Waals surface area contributed by atoms with Crippen LogP contribution in [0.5, 0.6) is 0 Å². The molecule has 0 heterocycles. The Morgan fingerprint density at radius 2 is 1.09 bits per heavy atom. The summed E-state index contributed by atoms with van der Waals surface area (Å²) in [5, 5.41) is 52.3. The number of aliphatic hydroxyl groups excluding tert-OH is 5. The second-order valence-corrected chi connectivity index (χ2v) is 8.46. The summed E-state index contributed by atoms with van der Waals surface area (Å²) in [5.41, 5.74) is 0. The third-order valence-electron chi connectivity index (χ3n) is 5.55. The van der Waals surface area contributed by atoms with Gasteiger partial charge in [0.1, 0.15) is 24.9 Å². The average molecular weight is 465 g/mol. The van der Waals surface area contributed by atoms with E-state index in [1.165, 1.54) is 64.2 Å². The van der Waals surface area contributed by atoms with Crippen molar-refractivity contribution in [2.75, 3.05) is 13.2 Å². The largest absolute Gasteiger partial charge is 0.481 e. The maximum Gasteiger partial charge on any atom is 0.306 e. The van der Waals surface area contributed by atoms with E-state index in [1.807, 2.05) is 0 Å². The standard InChI is InChI=1S/C18H36O2.C6H12O6/c1-3-5-7-9-10-12-14-16-17(18(19)20)15-13-11-8-6-4-2;7-1-3(9)5(11)6(12)4(10)2-8/h17H,3-16H2,1-2H3,(H,19,20);3,5-9,11-12H,1-2H2/t;3-,5+,6+/m.1/s1. The molecule has 1 unspecified atom stereocenters. The highest BCUT2D eigenvalue weighted by molar-refractivity contribution is 5.84. The summed E-state index contributed by atoms with van der Waals surface area (Å²) in [6, 6.07) is 0. The molecule has 0 amide bonds. The lowest BCUT2D eigenvalue weighted by Gasteiger charge is -2.19. The Morgan fingerprint density at radius 3 is 1.44 bits per heavy atom. The van der Waals surface area contributed by atoms with Crippen molar-refractivity contribution in [3.63, 3.8) is 0 Å². The van der Waals surface area contributed by atoms with E-state index in [9.17, 15) is 14.7 Å². The predicted molar refractivity (Wildman–Crippen MR) is 124 cm³/mol. The summed E-state index contributed by atoms with van der Waals surface area (Å²) in [6.07, 6.45) is 11.5. The lowest BCUT2D eigenvalue weighted by Crippen LogP contribution is -2.44. The molecule has 0 aromatic rings. The first-order valence-corrected chi connectivity index (χ1v) is 12.3. The smallest absolute Gasteiger partial charge is 0.306 e. The van der Waals surface area contributed by atoms with Crippen LogP contribution in [0.15, 0.2) is 0 Å². The first-order valence-electron chi connectivity index (χ1n) is 12.3. The van der Waals surface area contributed by atoms with Crippen molar-refractivity contribution in [1.29, 1.82) is 0 Å². The van der Waals surface area contributed by atoms with Crippen LogP contribution < -0.4 is 0 Å². The number of unbranched alkanes of at least 4 members (excludes halogenated alkanes) is 10. The first kappa shape index (κ1) is 33.1. The van der Waals surface area contributed by atoms with Crippen LogP contribution in [-0.2, 0) is 9.59 Å². The fourth-order valence-electron chi connectivity index (χ4n) is 3.34. The molecule has 32 heavy (non-hydrogen) atoms. The molecule has 0 spiro atoms. The zero-order chi connectivity index (χ0) is 24.8. The number of rotatable bonds is 20. The molecule has 192 valence electrons. The second kappa shape index (κ2) is 23.1. The molecule has 8 nitrogen and oxygen atoms in total. The van der Waals surface area contributed by atoms with Gasteiger partial charge in [-0.2, -0.15) is 0 Å². The van der Waals surface area contributed by atoms with Crippen LogP contribution in [0.25, 0.3) is 0 Å². The van der Waals surface area contributed by atoms with Gasteiger partial charge in [-0.25, -0.2) is 0 Å². The van der Waals surface area contributed by atoms with E-state index in [1.54, 1.807) is 0 Å². The lowest BCUT2D eigenvalue weighted by atomic mass is 9.94. The number of aliphatic carboxylic acids is 1. The minimum absolute atomic E-state index is 0.0905. The van der Waals surface area contributed by atoms with Crippen molar-refractivity contribution in [2.45, 2.75) is 122 Å². The van der Waals surface area contributed by atoms with Gasteiger partial charge < -0.3 is 30.6 Å². The SMILES string of the molecule is CCCCCCCCCC(CCCCCCC)C(=O)O.O=C(CO)[C@H](O)[C@@H](O)[C@H](O)CO. The molecule has 0 aliphatic carbocycles. The Hall–Kier alpha value is -1.06. The van der Waals surface area contributed by atoms with Crippen molar-refractivity contribution in [2.24, 2.45) is 5.92 Å². The van der Waals surface area contributed by atoms with E-state index in [4.69, 9.17) is 25.5 Å². The molecule has 0 saturated heterocycles. The highest BCUT2D eigenvalue weighted by Crippen LogP contribution is 2.19. The summed E-state index contributed by atoms with van der Waals surface area (Å²) in [7, 11) is 0. The Balaban J connectivity index is 0. The number of hydrogen-bond donors (Lipinski definition) is 6. The first-order chi connectivity index (χ1) is 15.3. The van der Waals surface area contributed by atoms with Gasteiger partial charge in [0.25, 0.3) is 0 Å². The van der Waals surface area contributed by atoms with E-state index < -0.39 is 43.3 Å². The van der Waals surface area contributed by atoms with E-state index in [0.29, 0.717) is 0 Å². The summed E-state index contributed by atoms with van der Waals surface area (Å²) in [6.45, 7) is 2.76. The van der Waals surface area contributed by atoms with Gasteiger partial charge in [-0.1, -0.05) is 90.9 Å². The minimum atomic E-state index is -1.86. The fourth-order valence-corrected chi connectivity index (χ4v) is 3.34. The van der Waals surface area contributed by atoms with E-state index in [2.05, 4.69) is 13.8 Å². The topological polar surface area (TPSA) is 156 Å². The quantitative estimate of drug-likeness (QED) is 0.150. The van der Waals surface area contributed by atoms with Crippen LogP contribution in [0.2, 0.25) is 0 Å². The van der Waals surface area contributed by atoms with Gasteiger partial charge in [-0.05, 0) is 12.8 Å². The van der Waals surface area contributed by atoms with Crippen LogP contribution in [0.3, 0.4) is 0 Å². The van der Waals surface area contributed by atoms with Crippen LogP contribution in [0, 0.1) is 5.92 Å². The third-order valence-corrected chi connectivity index (χ3v) is 5.55. The molecule has 6 N–H and O–H groups in total. The van der Waals surface area contributed by atoms with Gasteiger partial charge in [-0.3, -0.25) is 9.59 Å². The van der Waals surface area contributed by atoms with Crippen molar-refractivity contribution in [3.8, 4) is 0 Å². The minimum Gasteiger partial charge on any atom is -0.481 e. The van der Waals surface area contributed by atoms with Crippen LogP contribution in [0.4, 0.5) is 0 Å². The van der Waals surface area contributed by atoms with Crippen molar-refractivity contribution in [1.82, 2.24) is 0 Å². The highest BCUT2D eigenvalue weighted by atomic mass is 16.4. The van der Waals surface area contributed by atoms with Gasteiger partial charge in [0.05, 0.1) is 12.5 Å². The molecule has 0 radical (unpaired) electrons. The summed E-state index contributed by atoms with van der Waals surface area (Å²) >= 11 is 0. The molecule has 0 saturated carbocycles. The zero-order valence-corrected chi connectivity index (χ0v) is 20.1. The summed E-state index contributed by atoms with van der Waals surface area (Å²) in [4.78, 5) is 21.7. The van der Waals surface area contributed by atoms with Crippen molar-refractivity contribution < 1.29 is 40.2 Å². The van der Waals surface area contributed by atoms with Crippen LogP contribution in [-0.4, -0.2) is 73.9 Å². The Labute approximate surface area is 193 Å². The maximum absolute atomic E-state index is 11.2. The molecule has 4 atom stereocenters. The number of aliphatic hydroxyl groups is 5. The Bertz CT molecular complexity index is 444. The van der Waals surface area contributed by atoms with Gasteiger partial charge in [0.15, 0.2) is 5.78 Å². The Kier molecular flexibility index (Phi) is 23.9. The fraction of sp³-hybridized carbons (Fsp3) is 0.917. The van der Waals surface area contributed by atoms with E-state index >= 15 is 0 Å². The Morgan fingerprint density at radius 1 is 0.688 bits per heavy atom. The maximum atomic E-state index is 11.2. The predicted octanol–water partition coefficient (Wildman–Crippen LogP) is 2.81. The number of Topliss-reactive ketones (excluding diaryl/α,β-unsaturated/α-hetero) is 1. The van der Waals surface area contributed by atoms with E-state index in [0.717, 1.165) is 25.7 Å². The molecule has 0 aliphatic rings. The second-order valence-electron chi connectivity index (χ2n) is 8.46. The number of carbonyl (C=O) groups is 2. The molecule has 0 rings (SSSR count). The van der Waals surface area contributed by atoms with Crippen LogP contribution >= 0.6 is 0 Å². The molecule has 0 fully saturated rings.